The Bertz CT molecular complexity index is 232. The van der Waals surface area contributed by atoms with E-state index in [-0.39, 0.29) is 11.9 Å². The fourth-order valence-corrected chi connectivity index (χ4v) is 2.10. The van der Waals surface area contributed by atoms with E-state index in [0.29, 0.717) is 18.6 Å². The van der Waals surface area contributed by atoms with Gasteiger partial charge in [-0.25, -0.2) is 0 Å². The van der Waals surface area contributed by atoms with Crippen LogP contribution in [0.15, 0.2) is 0 Å². The highest BCUT2D eigenvalue weighted by Crippen LogP contribution is 2.15. The van der Waals surface area contributed by atoms with Crippen molar-refractivity contribution in [3.63, 3.8) is 0 Å². The van der Waals surface area contributed by atoms with Gasteiger partial charge in [-0.15, -0.1) is 0 Å². The number of piperidine rings is 1. The van der Waals surface area contributed by atoms with Gasteiger partial charge in [0.1, 0.15) is 0 Å². The molecule has 1 aliphatic heterocycles. The lowest BCUT2D eigenvalue weighted by molar-refractivity contribution is -0.123. The van der Waals surface area contributed by atoms with Crippen molar-refractivity contribution in [2.75, 3.05) is 13.1 Å². The minimum atomic E-state index is 0.136. The largest absolute Gasteiger partial charge is 0.353 e. The third kappa shape index (κ3) is 4.10. The van der Waals surface area contributed by atoms with Gasteiger partial charge in [0, 0.05) is 24.7 Å². The predicted octanol–water partition coefficient (Wildman–Crippen LogP) is 0.713. The van der Waals surface area contributed by atoms with E-state index < -0.39 is 0 Å². The van der Waals surface area contributed by atoms with Crippen molar-refractivity contribution in [1.29, 1.82) is 0 Å². The summed E-state index contributed by atoms with van der Waals surface area (Å²) in [5.74, 6) is 0.136. The molecule has 1 heterocycles. The number of hydrogen-bond acceptors (Lipinski definition) is 3. The quantitative estimate of drug-likeness (QED) is 0.744. The Balaban J connectivity index is 2.33. The summed E-state index contributed by atoms with van der Waals surface area (Å²) in [6.07, 6.45) is 2.98. The molecule has 1 fully saturated rings. The summed E-state index contributed by atoms with van der Waals surface area (Å²) in [6, 6.07) is 1.00. The number of amides is 1. The van der Waals surface area contributed by atoms with Crippen molar-refractivity contribution in [1.82, 2.24) is 10.2 Å². The van der Waals surface area contributed by atoms with E-state index in [0.717, 1.165) is 25.8 Å². The number of nitrogens with zero attached hydrogens (tertiary/aromatic N) is 1. The number of rotatable bonds is 4. The van der Waals surface area contributed by atoms with E-state index in [2.05, 4.69) is 24.1 Å². The van der Waals surface area contributed by atoms with Crippen molar-refractivity contribution in [3.8, 4) is 0 Å². The van der Waals surface area contributed by atoms with E-state index in [9.17, 15) is 4.79 Å². The zero-order valence-corrected chi connectivity index (χ0v) is 10.7. The average molecular weight is 227 g/mol. The molecule has 0 bridgehead atoms. The van der Waals surface area contributed by atoms with Crippen molar-refractivity contribution < 1.29 is 4.79 Å². The number of carbonyl (C=O) groups excluding carboxylic acids is 1. The lowest BCUT2D eigenvalue weighted by atomic mass is 9.99. The average Bonchev–Trinajstić information content (AvgIpc) is 2.22. The molecule has 3 atom stereocenters. The molecule has 0 aromatic carbocycles. The third-order valence-electron chi connectivity index (χ3n) is 3.42. The van der Waals surface area contributed by atoms with Crippen LogP contribution in [0.3, 0.4) is 0 Å². The van der Waals surface area contributed by atoms with Gasteiger partial charge in [0.2, 0.25) is 5.91 Å². The Labute approximate surface area is 98.6 Å². The Morgan fingerprint density at radius 2 is 2.31 bits per heavy atom. The van der Waals surface area contributed by atoms with Gasteiger partial charge in [0.05, 0.1) is 6.54 Å². The Hall–Kier alpha value is -0.610. The number of carbonyl (C=O) groups is 1. The van der Waals surface area contributed by atoms with Crippen LogP contribution >= 0.6 is 0 Å². The van der Waals surface area contributed by atoms with E-state index >= 15 is 0 Å². The lowest BCUT2D eigenvalue weighted by Crippen LogP contribution is -2.50. The molecule has 1 aliphatic rings. The second-order valence-electron chi connectivity index (χ2n) is 4.98. The van der Waals surface area contributed by atoms with Crippen LogP contribution in [0.1, 0.15) is 40.0 Å². The zero-order chi connectivity index (χ0) is 12.1. The number of nitrogens with two attached hydrogens (primary N) is 1. The van der Waals surface area contributed by atoms with Crippen LogP contribution in [0.25, 0.3) is 0 Å². The van der Waals surface area contributed by atoms with E-state index in [1.807, 2.05) is 6.92 Å². The topological polar surface area (TPSA) is 58.4 Å². The molecule has 0 aromatic rings. The lowest BCUT2D eigenvalue weighted by Gasteiger charge is -2.35. The first kappa shape index (κ1) is 13.5. The number of nitrogens with one attached hydrogen (secondary N) is 1. The number of hydrogen-bond donors (Lipinski definition) is 2. The summed E-state index contributed by atoms with van der Waals surface area (Å²) in [5.41, 5.74) is 5.89. The summed E-state index contributed by atoms with van der Waals surface area (Å²) < 4.78 is 0. The van der Waals surface area contributed by atoms with Crippen LogP contribution in [0, 0.1) is 0 Å². The SMILES string of the molecule is CCC(C)NC(=O)CN1CCC(N)CC1C. The van der Waals surface area contributed by atoms with E-state index in [1.54, 1.807) is 0 Å². The van der Waals surface area contributed by atoms with E-state index in [1.165, 1.54) is 0 Å². The molecule has 0 aliphatic carbocycles. The molecule has 4 heteroatoms. The van der Waals surface area contributed by atoms with Crippen molar-refractivity contribution in [3.05, 3.63) is 0 Å². The highest BCUT2D eigenvalue weighted by atomic mass is 16.2. The molecule has 94 valence electrons. The summed E-state index contributed by atoms with van der Waals surface area (Å²) >= 11 is 0. The minimum Gasteiger partial charge on any atom is -0.353 e. The zero-order valence-electron chi connectivity index (χ0n) is 10.7. The monoisotopic (exact) mass is 227 g/mol. The van der Waals surface area contributed by atoms with Crippen LogP contribution in [-0.4, -0.2) is 42.0 Å². The van der Waals surface area contributed by atoms with Gasteiger partial charge in [-0.05, 0) is 33.1 Å². The van der Waals surface area contributed by atoms with Gasteiger partial charge >= 0.3 is 0 Å². The summed E-state index contributed by atoms with van der Waals surface area (Å²) in [5, 5.41) is 3.00. The van der Waals surface area contributed by atoms with Crippen LogP contribution in [0.5, 0.6) is 0 Å². The Morgan fingerprint density at radius 1 is 1.62 bits per heavy atom. The fourth-order valence-electron chi connectivity index (χ4n) is 2.10. The molecule has 16 heavy (non-hydrogen) atoms. The smallest absolute Gasteiger partial charge is 0.234 e. The van der Waals surface area contributed by atoms with Crippen molar-refractivity contribution in [2.45, 2.75) is 58.2 Å². The van der Waals surface area contributed by atoms with Crippen LogP contribution < -0.4 is 11.1 Å². The highest BCUT2D eigenvalue weighted by Gasteiger charge is 2.24. The third-order valence-corrected chi connectivity index (χ3v) is 3.42. The van der Waals surface area contributed by atoms with Gasteiger partial charge in [-0.3, -0.25) is 9.69 Å². The molecule has 0 saturated carbocycles. The first-order valence-corrected chi connectivity index (χ1v) is 6.32. The molecule has 1 saturated heterocycles. The Kier molecular flexibility index (Phi) is 5.22. The number of likely N-dealkylation sites (tertiary alicyclic amines) is 1. The Morgan fingerprint density at radius 3 is 2.88 bits per heavy atom. The first-order valence-electron chi connectivity index (χ1n) is 6.32. The van der Waals surface area contributed by atoms with Gasteiger partial charge in [0.15, 0.2) is 0 Å². The van der Waals surface area contributed by atoms with Crippen molar-refractivity contribution >= 4 is 5.91 Å². The molecule has 3 unspecified atom stereocenters. The maximum atomic E-state index is 11.7. The van der Waals surface area contributed by atoms with Crippen molar-refractivity contribution in [2.24, 2.45) is 5.73 Å². The second kappa shape index (κ2) is 6.21. The molecule has 0 spiro atoms. The maximum Gasteiger partial charge on any atom is 0.234 e. The standard InChI is InChI=1S/C12H25N3O/c1-4-9(2)14-12(16)8-15-6-5-11(13)7-10(15)3/h9-11H,4-8,13H2,1-3H3,(H,14,16). The van der Waals surface area contributed by atoms with Gasteiger partial charge in [-0.2, -0.15) is 0 Å². The molecule has 1 amide bonds. The van der Waals surface area contributed by atoms with Gasteiger partial charge in [0.25, 0.3) is 0 Å². The molecule has 0 radical (unpaired) electrons. The fraction of sp³-hybridized carbons (Fsp3) is 0.917. The van der Waals surface area contributed by atoms with Crippen LogP contribution in [-0.2, 0) is 4.79 Å². The van der Waals surface area contributed by atoms with Gasteiger partial charge in [-0.1, -0.05) is 6.92 Å². The summed E-state index contributed by atoms with van der Waals surface area (Å²) in [7, 11) is 0. The minimum absolute atomic E-state index is 0.136. The molecule has 3 N–H and O–H groups in total. The normalized spacial score (nSPS) is 28.8. The molecular weight excluding hydrogens is 202 g/mol. The summed E-state index contributed by atoms with van der Waals surface area (Å²) in [6.45, 7) is 7.71. The highest BCUT2D eigenvalue weighted by molar-refractivity contribution is 5.78. The molecule has 4 nitrogen and oxygen atoms in total. The first-order chi connectivity index (χ1) is 7.52. The van der Waals surface area contributed by atoms with E-state index in [4.69, 9.17) is 5.73 Å². The molecule has 0 aromatic heterocycles. The van der Waals surface area contributed by atoms with Crippen LogP contribution in [0.2, 0.25) is 0 Å². The second-order valence-corrected chi connectivity index (χ2v) is 4.98. The van der Waals surface area contributed by atoms with Gasteiger partial charge < -0.3 is 11.1 Å². The predicted molar refractivity (Wildman–Crippen MR) is 66.1 cm³/mol. The summed E-state index contributed by atoms with van der Waals surface area (Å²) in [4.78, 5) is 13.9. The maximum absolute atomic E-state index is 11.7. The van der Waals surface area contributed by atoms with Crippen LogP contribution in [0.4, 0.5) is 0 Å². The molecular formula is C12H25N3O. The molecule has 1 rings (SSSR count).